The number of piperidine rings is 1. The van der Waals surface area contributed by atoms with Gasteiger partial charge in [-0.05, 0) is 38.1 Å². The molecule has 0 unspecified atom stereocenters. The van der Waals surface area contributed by atoms with Crippen molar-refractivity contribution in [3.63, 3.8) is 0 Å². The number of rotatable bonds is 4. The molecule has 1 N–H and O–H groups in total. The second kappa shape index (κ2) is 7.59. The third kappa shape index (κ3) is 3.98. The molecule has 2 saturated heterocycles. The molecule has 1 aromatic rings. The number of carbonyl (C=O) groups is 1. The van der Waals surface area contributed by atoms with E-state index in [1.165, 1.54) is 25.2 Å². The molecular formula is C16H21ClN2O5S. The molecule has 25 heavy (non-hydrogen) atoms. The first-order valence-corrected chi connectivity index (χ1v) is 10.0. The van der Waals surface area contributed by atoms with Crippen LogP contribution in [-0.2, 0) is 19.5 Å². The second-order valence-corrected chi connectivity index (χ2v) is 8.38. The molecule has 0 aromatic heterocycles. The van der Waals surface area contributed by atoms with Gasteiger partial charge in [-0.1, -0.05) is 11.6 Å². The van der Waals surface area contributed by atoms with E-state index in [2.05, 4.69) is 4.72 Å². The number of likely N-dealkylation sites (tertiary alicyclic amines) is 1. The molecule has 2 fully saturated rings. The van der Waals surface area contributed by atoms with E-state index in [0.717, 1.165) is 12.8 Å². The summed E-state index contributed by atoms with van der Waals surface area (Å²) in [4.78, 5) is 14.5. The summed E-state index contributed by atoms with van der Waals surface area (Å²) < 4.78 is 37.2. The number of nitrogens with zero attached hydrogens (tertiary/aromatic N) is 1. The van der Waals surface area contributed by atoms with Gasteiger partial charge >= 0.3 is 0 Å². The monoisotopic (exact) mass is 388 g/mol. The minimum Gasteiger partial charge on any atom is -0.350 e. The van der Waals surface area contributed by atoms with Crippen LogP contribution in [0.5, 0.6) is 0 Å². The van der Waals surface area contributed by atoms with Crippen molar-refractivity contribution in [2.45, 2.75) is 24.0 Å². The topological polar surface area (TPSA) is 84.9 Å². The Hall–Kier alpha value is -1.19. The average Bonchev–Trinajstić information content (AvgIpc) is 3.16. The molecule has 2 aliphatic heterocycles. The number of hydrogen-bond acceptors (Lipinski definition) is 5. The van der Waals surface area contributed by atoms with Crippen molar-refractivity contribution in [1.29, 1.82) is 0 Å². The molecule has 0 spiro atoms. The van der Waals surface area contributed by atoms with Crippen molar-refractivity contribution in [3.8, 4) is 0 Å². The van der Waals surface area contributed by atoms with Gasteiger partial charge in [0, 0.05) is 19.0 Å². The fraction of sp³-hybridized carbons (Fsp3) is 0.562. The zero-order chi connectivity index (χ0) is 18.0. The molecule has 3 rings (SSSR count). The van der Waals surface area contributed by atoms with Gasteiger partial charge in [0.25, 0.3) is 5.91 Å². The number of sulfonamides is 1. The maximum absolute atomic E-state index is 12.8. The smallest absolute Gasteiger partial charge is 0.255 e. The summed E-state index contributed by atoms with van der Waals surface area (Å²) in [5, 5.41) is 0.240. The van der Waals surface area contributed by atoms with Gasteiger partial charge < -0.3 is 14.4 Å². The predicted octanol–water partition coefficient (Wildman–Crippen LogP) is 1.47. The SMILES string of the molecule is CNS(=O)(=O)c1ccc(Cl)c(C(=O)N2CCC(C3OCCO3)CC2)c1. The molecule has 0 aliphatic carbocycles. The van der Waals surface area contributed by atoms with E-state index in [1.807, 2.05) is 0 Å². The van der Waals surface area contributed by atoms with Crippen molar-refractivity contribution in [2.24, 2.45) is 5.92 Å². The summed E-state index contributed by atoms with van der Waals surface area (Å²) in [5.41, 5.74) is 0.199. The van der Waals surface area contributed by atoms with E-state index < -0.39 is 10.0 Å². The van der Waals surface area contributed by atoms with Crippen LogP contribution in [0.1, 0.15) is 23.2 Å². The van der Waals surface area contributed by atoms with Crippen molar-refractivity contribution < 1.29 is 22.7 Å². The fourth-order valence-corrected chi connectivity index (χ4v) is 4.10. The van der Waals surface area contributed by atoms with Crippen molar-refractivity contribution in [3.05, 3.63) is 28.8 Å². The zero-order valence-electron chi connectivity index (χ0n) is 13.9. The lowest BCUT2D eigenvalue weighted by atomic mass is 9.95. The number of hydrogen-bond donors (Lipinski definition) is 1. The van der Waals surface area contributed by atoms with E-state index in [9.17, 15) is 13.2 Å². The largest absolute Gasteiger partial charge is 0.350 e. The molecular weight excluding hydrogens is 368 g/mol. The summed E-state index contributed by atoms with van der Waals surface area (Å²) in [7, 11) is -2.31. The van der Waals surface area contributed by atoms with Gasteiger partial charge in [0.2, 0.25) is 10.0 Å². The Morgan fingerprint density at radius 2 is 1.88 bits per heavy atom. The Labute approximate surface area is 152 Å². The second-order valence-electron chi connectivity index (χ2n) is 6.09. The highest BCUT2D eigenvalue weighted by Gasteiger charge is 2.32. The van der Waals surface area contributed by atoms with Crippen LogP contribution in [0.15, 0.2) is 23.1 Å². The van der Waals surface area contributed by atoms with Crippen LogP contribution in [-0.4, -0.2) is 58.9 Å². The highest BCUT2D eigenvalue weighted by Crippen LogP contribution is 2.28. The van der Waals surface area contributed by atoms with Gasteiger partial charge in [0.15, 0.2) is 6.29 Å². The first-order chi connectivity index (χ1) is 11.9. The number of carbonyl (C=O) groups excluding carboxylic acids is 1. The van der Waals surface area contributed by atoms with Gasteiger partial charge in [-0.3, -0.25) is 4.79 Å². The van der Waals surface area contributed by atoms with Crippen LogP contribution in [0.4, 0.5) is 0 Å². The van der Waals surface area contributed by atoms with Crippen LogP contribution in [0, 0.1) is 5.92 Å². The summed E-state index contributed by atoms with van der Waals surface area (Å²) in [6, 6.07) is 4.14. The highest BCUT2D eigenvalue weighted by molar-refractivity contribution is 7.89. The Morgan fingerprint density at radius 1 is 1.24 bits per heavy atom. The third-order valence-electron chi connectivity index (χ3n) is 4.61. The van der Waals surface area contributed by atoms with Crippen LogP contribution in [0.25, 0.3) is 0 Å². The van der Waals surface area contributed by atoms with E-state index in [-0.39, 0.29) is 33.6 Å². The van der Waals surface area contributed by atoms with E-state index in [0.29, 0.717) is 26.3 Å². The van der Waals surface area contributed by atoms with Crippen LogP contribution in [0.3, 0.4) is 0 Å². The molecule has 0 bridgehead atoms. The molecule has 1 aromatic carbocycles. The molecule has 0 atom stereocenters. The third-order valence-corrected chi connectivity index (χ3v) is 6.35. The zero-order valence-corrected chi connectivity index (χ0v) is 15.5. The number of ether oxygens (including phenoxy) is 2. The van der Waals surface area contributed by atoms with E-state index >= 15 is 0 Å². The highest BCUT2D eigenvalue weighted by atomic mass is 35.5. The standard InChI is InChI=1S/C16H21ClN2O5S/c1-18-25(21,22)12-2-3-14(17)13(10-12)15(20)19-6-4-11(5-7-19)16-23-8-9-24-16/h2-3,10-11,16,18H,4-9H2,1H3. The first kappa shape index (κ1) is 18.6. The normalized spacial score (nSPS) is 20.2. The number of halogens is 1. The maximum atomic E-state index is 12.8. The molecule has 9 heteroatoms. The van der Waals surface area contributed by atoms with Gasteiger partial charge in [-0.15, -0.1) is 0 Å². The van der Waals surface area contributed by atoms with E-state index in [4.69, 9.17) is 21.1 Å². The van der Waals surface area contributed by atoms with Gasteiger partial charge in [-0.25, -0.2) is 13.1 Å². The average molecular weight is 389 g/mol. The minimum atomic E-state index is -3.63. The first-order valence-electron chi connectivity index (χ1n) is 8.18. The summed E-state index contributed by atoms with van der Waals surface area (Å²) in [6.45, 7) is 2.36. The Kier molecular flexibility index (Phi) is 5.65. The minimum absolute atomic E-state index is 0.0189. The molecule has 0 radical (unpaired) electrons. The Bertz CT molecular complexity index is 741. The fourth-order valence-electron chi connectivity index (χ4n) is 3.15. The van der Waals surface area contributed by atoms with Gasteiger partial charge in [-0.2, -0.15) is 0 Å². The molecule has 2 heterocycles. The van der Waals surface area contributed by atoms with Gasteiger partial charge in [0.1, 0.15) is 0 Å². The number of benzene rings is 1. The lowest BCUT2D eigenvalue weighted by molar-refractivity contribution is -0.0956. The van der Waals surface area contributed by atoms with Crippen molar-refractivity contribution in [1.82, 2.24) is 9.62 Å². The maximum Gasteiger partial charge on any atom is 0.255 e. The molecule has 138 valence electrons. The summed E-state index contributed by atoms with van der Waals surface area (Å²) >= 11 is 6.13. The Morgan fingerprint density at radius 3 is 2.48 bits per heavy atom. The molecule has 2 aliphatic rings. The van der Waals surface area contributed by atoms with Crippen molar-refractivity contribution in [2.75, 3.05) is 33.4 Å². The van der Waals surface area contributed by atoms with Crippen LogP contribution < -0.4 is 4.72 Å². The lowest BCUT2D eigenvalue weighted by Crippen LogP contribution is -2.41. The predicted molar refractivity (Wildman–Crippen MR) is 92.0 cm³/mol. The quantitative estimate of drug-likeness (QED) is 0.844. The molecule has 1 amide bonds. The van der Waals surface area contributed by atoms with Crippen molar-refractivity contribution >= 4 is 27.5 Å². The molecule has 0 saturated carbocycles. The number of amides is 1. The van der Waals surface area contributed by atoms with Crippen LogP contribution >= 0.6 is 11.6 Å². The van der Waals surface area contributed by atoms with E-state index in [1.54, 1.807) is 4.90 Å². The summed E-state index contributed by atoms with van der Waals surface area (Å²) in [6.07, 6.45) is 1.38. The van der Waals surface area contributed by atoms with Crippen LogP contribution in [0.2, 0.25) is 5.02 Å². The Balaban J connectivity index is 1.72. The van der Waals surface area contributed by atoms with Gasteiger partial charge in [0.05, 0.1) is 28.7 Å². The lowest BCUT2D eigenvalue weighted by Gasteiger charge is -2.34. The number of nitrogens with one attached hydrogen (secondary N) is 1. The molecule has 7 nitrogen and oxygen atoms in total. The summed E-state index contributed by atoms with van der Waals surface area (Å²) in [5.74, 6) is 0.0166.